The topological polar surface area (TPSA) is 56.9 Å². The zero-order chi connectivity index (χ0) is 13.3. The monoisotopic (exact) mass is 259 g/mol. The van der Waals surface area contributed by atoms with Crippen molar-refractivity contribution in [1.29, 1.82) is 5.26 Å². The van der Waals surface area contributed by atoms with Crippen LogP contribution in [0.5, 0.6) is 0 Å². The third-order valence-electron chi connectivity index (χ3n) is 4.51. The summed E-state index contributed by atoms with van der Waals surface area (Å²) in [5.41, 5.74) is -0.299. The Bertz CT molecular complexity index is 488. The predicted octanol–water partition coefficient (Wildman–Crippen LogP) is 1.12. The van der Waals surface area contributed by atoms with Crippen molar-refractivity contribution < 1.29 is 0 Å². The zero-order valence-corrected chi connectivity index (χ0v) is 11.5. The summed E-state index contributed by atoms with van der Waals surface area (Å²) < 4.78 is 2.23. The van der Waals surface area contributed by atoms with Crippen LogP contribution >= 0.6 is 0 Å². The van der Waals surface area contributed by atoms with Gasteiger partial charge in [-0.15, -0.1) is 0 Å². The van der Waals surface area contributed by atoms with Gasteiger partial charge in [0.05, 0.1) is 12.6 Å². The van der Waals surface area contributed by atoms with Crippen LogP contribution in [0.2, 0.25) is 0 Å². The van der Waals surface area contributed by atoms with Gasteiger partial charge < -0.3 is 4.57 Å². The number of nitrogens with zero attached hydrogens (tertiary/aromatic N) is 4. The number of nitrogens with one attached hydrogen (secondary N) is 1. The lowest BCUT2D eigenvalue weighted by Gasteiger charge is -2.33. The number of rotatable bonds is 3. The number of nitriles is 1. The van der Waals surface area contributed by atoms with Gasteiger partial charge in [0, 0.05) is 31.5 Å². The number of aromatic nitrogens is 2. The van der Waals surface area contributed by atoms with Gasteiger partial charge in [-0.3, -0.25) is 10.2 Å². The third kappa shape index (κ3) is 2.26. The van der Waals surface area contributed by atoms with Crippen LogP contribution in [0.4, 0.5) is 0 Å². The van der Waals surface area contributed by atoms with Crippen molar-refractivity contribution in [3.8, 4) is 6.07 Å². The van der Waals surface area contributed by atoms with E-state index in [9.17, 15) is 5.26 Å². The molecule has 5 heteroatoms. The van der Waals surface area contributed by atoms with E-state index in [0.29, 0.717) is 6.04 Å². The van der Waals surface area contributed by atoms with Gasteiger partial charge in [-0.25, -0.2) is 4.98 Å². The van der Waals surface area contributed by atoms with Gasteiger partial charge in [-0.2, -0.15) is 5.26 Å². The first kappa shape index (κ1) is 12.6. The third-order valence-corrected chi connectivity index (χ3v) is 4.51. The second kappa shape index (κ2) is 4.95. The number of hydrogen-bond acceptors (Lipinski definition) is 4. The summed E-state index contributed by atoms with van der Waals surface area (Å²) in [6.07, 6.45) is 6.96. The highest BCUT2D eigenvalue weighted by molar-refractivity contribution is 5.13. The molecular formula is C14H21N5. The summed E-state index contributed by atoms with van der Waals surface area (Å²) in [4.78, 5) is 6.91. The Morgan fingerprint density at radius 2 is 2.47 bits per heavy atom. The molecule has 2 heterocycles. The van der Waals surface area contributed by atoms with E-state index in [1.807, 2.05) is 6.20 Å². The molecule has 0 bridgehead atoms. The molecule has 2 unspecified atom stereocenters. The average molecular weight is 259 g/mol. The fourth-order valence-electron chi connectivity index (χ4n) is 3.47. The Labute approximate surface area is 114 Å². The van der Waals surface area contributed by atoms with Crippen molar-refractivity contribution in [2.45, 2.75) is 50.9 Å². The molecule has 0 amide bonds. The van der Waals surface area contributed by atoms with Crippen LogP contribution in [0, 0.1) is 11.3 Å². The van der Waals surface area contributed by atoms with Crippen LogP contribution in [0.3, 0.4) is 0 Å². The van der Waals surface area contributed by atoms with Crippen LogP contribution in [0.1, 0.15) is 32.0 Å². The van der Waals surface area contributed by atoms with Gasteiger partial charge in [0.2, 0.25) is 0 Å². The molecule has 2 aliphatic rings. The van der Waals surface area contributed by atoms with Gasteiger partial charge in [-0.1, -0.05) is 6.92 Å². The lowest BCUT2D eigenvalue weighted by Crippen LogP contribution is -2.45. The van der Waals surface area contributed by atoms with Gasteiger partial charge in [0.25, 0.3) is 0 Å². The average Bonchev–Trinajstić information content (AvgIpc) is 3.05. The lowest BCUT2D eigenvalue weighted by atomic mass is 9.99. The van der Waals surface area contributed by atoms with E-state index in [4.69, 9.17) is 0 Å². The summed E-state index contributed by atoms with van der Waals surface area (Å²) in [5.74, 6) is 1.16. The first-order valence-corrected chi connectivity index (χ1v) is 7.17. The van der Waals surface area contributed by atoms with Crippen LogP contribution < -0.4 is 5.32 Å². The summed E-state index contributed by atoms with van der Waals surface area (Å²) in [5, 5.41) is 12.8. The van der Waals surface area contributed by atoms with E-state index in [0.717, 1.165) is 51.3 Å². The molecule has 0 radical (unpaired) electrons. The molecule has 19 heavy (non-hydrogen) atoms. The predicted molar refractivity (Wildman–Crippen MR) is 72.3 cm³/mol. The fraction of sp³-hybridized carbons (Fsp3) is 0.714. The summed E-state index contributed by atoms with van der Waals surface area (Å²) in [6.45, 7) is 5.95. The smallest absolute Gasteiger partial charge is 0.122 e. The maximum absolute atomic E-state index is 9.44. The van der Waals surface area contributed by atoms with E-state index >= 15 is 0 Å². The fourth-order valence-corrected chi connectivity index (χ4v) is 3.47. The highest BCUT2D eigenvalue weighted by Crippen LogP contribution is 2.34. The molecule has 5 nitrogen and oxygen atoms in total. The molecule has 1 aromatic heterocycles. The molecule has 0 saturated heterocycles. The van der Waals surface area contributed by atoms with Crippen LogP contribution in [0.15, 0.2) is 12.4 Å². The highest BCUT2D eigenvalue weighted by Gasteiger charge is 2.41. The second-order valence-electron chi connectivity index (χ2n) is 5.63. The Morgan fingerprint density at radius 1 is 1.58 bits per heavy atom. The van der Waals surface area contributed by atoms with E-state index in [1.54, 1.807) is 0 Å². The largest absolute Gasteiger partial charge is 0.333 e. The van der Waals surface area contributed by atoms with Crippen molar-refractivity contribution in [2.24, 2.45) is 0 Å². The molecule has 1 aliphatic heterocycles. The van der Waals surface area contributed by atoms with Gasteiger partial charge in [0.15, 0.2) is 0 Å². The maximum Gasteiger partial charge on any atom is 0.122 e. The van der Waals surface area contributed by atoms with Gasteiger partial charge >= 0.3 is 0 Å². The normalized spacial score (nSPS) is 31.1. The number of fused-ring (bicyclic) bond motifs is 1. The molecule has 2 atom stereocenters. The van der Waals surface area contributed by atoms with Crippen LogP contribution in [-0.2, 0) is 13.1 Å². The zero-order valence-electron chi connectivity index (χ0n) is 11.5. The molecule has 1 aliphatic carbocycles. The number of imidazole rings is 1. The summed E-state index contributed by atoms with van der Waals surface area (Å²) in [6, 6.07) is 3.02. The minimum Gasteiger partial charge on any atom is -0.333 e. The SMILES string of the molecule is CCNC1(C#N)CCC(N2CCn3ccnc3C2)C1. The van der Waals surface area contributed by atoms with Crippen molar-refractivity contribution in [3.63, 3.8) is 0 Å². The van der Waals surface area contributed by atoms with E-state index in [-0.39, 0.29) is 5.54 Å². The molecular weight excluding hydrogens is 238 g/mol. The van der Waals surface area contributed by atoms with E-state index in [1.165, 1.54) is 0 Å². The Kier molecular flexibility index (Phi) is 3.29. The molecule has 3 rings (SSSR count). The molecule has 1 fully saturated rings. The second-order valence-corrected chi connectivity index (χ2v) is 5.63. The number of hydrogen-bond donors (Lipinski definition) is 1. The lowest BCUT2D eigenvalue weighted by molar-refractivity contribution is 0.150. The van der Waals surface area contributed by atoms with Crippen molar-refractivity contribution in [2.75, 3.05) is 13.1 Å². The minimum atomic E-state index is -0.299. The van der Waals surface area contributed by atoms with Crippen LogP contribution in [-0.4, -0.2) is 39.1 Å². The van der Waals surface area contributed by atoms with Crippen molar-refractivity contribution in [1.82, 2.24) is 19.8 Å². The van der Waals surface area contributed by atoms with Crippen LogP contribution in [0.25, 0.3) is 0 Å². The quantitative estimate of drug-likeness (QED) is 0.884. The van der Waals surface area contributed by atoms with E-state index < -0.39 is 0 Å². The Morgan fingerprint density at radius 3 is 3.26 bits per heavy atom. The Balaban J connectivity index is 1.68. The van der Waals surface area contributed by atoms with Gasteiger partial charge in [0.1, 0.15) is 11.4 Å². The highest BCUT2D eigenvalue weighted by atomic mass is 15.3. The first-order chi connectivity index (χ1) is 9.26. The Hall–Kier alpha value is -1.38. The maximum atomic E-state index is 9.44. The summed E-state index contributed by atoms with van der Waals surface area (Å²) in [7, 11) is 0. The molecule has 0 aromatic carbocycles. The molecule has 1 N–H and O–H groups in total. The minimum absolute atomic E-state index is 0.299. The van der Waals surface area contributed by atoms with Gasteiger partial charge in [-0.05, 0) is 25.8 Å². The van der Waals surface area contributed by atoms with Crippen molar-refractivity contribution in [3.05, 3.63) is 18.2 Å². The van der Waals surface area contributed by atoms with E-state index in [2.05, 4.69) is 39.0 Å². The first-order valence-electron chi connectivity index (χ1n) is 7.17. The molecule has 0 spiro atoms. The molecule has 102 valence electrons. The van der Waals surface area contributed by atoms with Crippen molar-refractivity contribution >= 4 is 0 Å². The molecule has 1 aromatic rings. The molecule has 1 saturated carbocycles. The standard InChI is InChI=1S/C14H21N5/c1-2-17-14(11-15)4-3-12(9-14)19-8-7-18-6-5-16-13(18)10-19/h5-6,12,17H,2-4,7-10H2,1H3. The summed E-state index contributed by atoms with van der Waals surface area (Å²) >= 11 is 0.